The minimum Gasteiger partial charge on any atom is -0.508 e. The van der Waals surface area contributed by atoms with Crippen LogP contribution in [0.5, 0.6) is 5.75 Å². The zero-order chi connectivity index (χ0) is 11.2. The molecule has 5 nitrogen and oxygen atoms in total. The summed E-state index contributed by atoms with van der Waals surface area (Å²) < 4.78 is 4.87. The number of phenols is 1. The molecule has 0 aliphatic heterocycles. The van der Waals surface area contributed by atoms with Crippen LogP contribution in [0.1, 0.15) is 11.5 Å². The molecule has 0 fully saturated rings. The number of hydrogen-bond donors (Lipinski definition) is 2. The third kappa shape index (κ3) is 3.06. The second-order valence-electron chi connectivity index (χ2n) is 3.43. The van der Waals surface area contributed by atoms with E-state index < -0.39 is 0 Å². The van der Waals surface area contributed by atoms with Gasteiger partial charge in [0.1, 0.15) is 5.75 Å². The van der Waals surface area contributed by atoms with Crippen LogP contribution in [0.3, 0.4) is 0 Å². The number of nitrogens with one attached hydrogen (secondary N) is 1. The molecule has 16 heavy (non-hydrogen) atoms. The van der Waals surface area contributed by atoms with Crippen LogP contribution >= 0.6 is 0 Å². The molecule has 0 radical (unpaired) electrons. The van der Waals surface area contributed by atoms with E-state index in [4.69, 9.17) is 9.63 Å². The summed E-state index contributed by atoms with van der Waals surface area (Å²) in [7, 11) is 0. The number of rotatable bonds is 5. The van der Waals surface area contributed by atoms with Gasteiger partial charge in [-0.05, 0) is 17.7 Å². The van der Waals surface area contributed by atoms with Gasteiger partial charge in [-0.1, -0.05) is 17.3 Å². The fraction of sp³-hybridized carbons (Fsp3) is 0.273. The van der Waals surface area contributed by atoms with Crippen LogP contribution in [0.2, 0.25) is 0 Å². The highest BCUT2D eigenvalue weighted by molar-refractivity contribution is 5.25. The maximum atomic E-state index is 9.11. The average Bonchev–Trinajstić information content (AvgIpc) is 2.80. The number of phenolic OH excluding ortho intramolecular Hbond substituents is 1. The van der Waals surface area contributed by atoms with E-state index in [0.29, 0.717) is 5.89 Å². The first-order valence-electron chi connectivity index (χ1n) is 5.09. The predicted octanol–water partition coefficient (Wildman–Crippen LogP) is 1.11. The van der Waals surface area contributed by atoms with Crippen LogP contribution < -0.4 is 5.32 Å². The van der Waals surface area contributed by atoms with Gasteiger partial charge in [-0.3, -0.25) is 0 Å². The van der Waals surface area contributed by atoms with Crippen molar-refractivity contribution < 1.29 is 9.63 Å². The highest BCUT2D eigenvalue weighted by atomic mass is 16.5. The first-order valence-corrected chi connectivity index (χ1v) is 5.09. The average molecular weight is 219 g/mol. The lowest BCUT2D eigenvalue weighted by Crippen LogP contribution is -2.16. The molecule has 84 valence electrons. The van der Waals surface area contributed by atoms with Crippen molar-refractivity contribution in [1.82, 2.24) is 15.5 Å². The zero-order valence-electron chi connectivity index (χ0n) is 8.76. The molecule has 0 bridgehead atoms. The van der Waals surface area contributed by atoms with E-state index in [1.165, 1.54) is 6.33 Å². The first-order chi connectivity index (χ1) is 7.84. The van der Waals surface area contributed by atoms with Crippen molar-refractivity contribution in [3.05, 3.63) is 42.0 Å². The number of hydrogen-bond acceptors (Lipinski definition) is 5. The van der Waals surface area contributed by atoms with Crippen LogP contribution in [-0.4, -0.2) is 21.8 Å². The van der Waals surface area contributed by atoms with Gasteiger partial charge in [0, 0.05) is 19.5 Å². The Hall–Kier alpha value is -1.88. The Morgan fingerprint density at radius 2 is 2.06 bits per heavy atom. The SMILES string of the molecule is Oc1ccc(CNCCc2ncno2)cc1. The molecule has 0 unspecified atom stereocenters. The van der Waals surface area contributed by atoms with Gasteiger partial charge in [0.2, 0.25) is 5.89 Å². The predicted molar refractivity (Wildman–Crippen MR) is 57.8 cm³/mol. The van der Waals surface area contributed by atoms with E-state index in [9.17, 15) is 0 Å². The van der Waals surface area contributed by atoms with Gasteiger partial charge < -0.3 is 14.9 Å². The van der Waals surface area contributed by atoms with Gasteiger partial charge in [0.25, 0.3) is 0 Å². The van der Waals surface area contributed by atoms with Crippen LogP contribution in [0.4, 0.5) is 0 Å². The lowest BCUT2D eigenvalue weighted by molar-refractivity contribution is 0.375. The summed E-state index contributed by atoms with van der Waals surface area (Å²) in [4.78, 5) is 3.92. The molecule has 0 aliphatic carbocycles. The molecule has 2 rings (SSSR count). The second-order valence-corrected chi connectivity index (χ2v) is 3.43. The maximum absolute atomic E-state index is 9.11. The summed E-state index contributed by atoms with van der Waals surface area (Å²) >= 11 is 0. The molecule has 0 saturated heterocycles. The van der Waals surface area contributed by atoms with Crippen molar-refractivity contribution >= 4 is 0 Å². The Kier molecular flexibility index (Phi) is 3.50. The van der Waals surface area contributed by atoms with Gasteiger partial charge in [0.05, 0.1) is 0 Å². The van der Waals surface area contributed by atoms with Crippen molar-refractivity contribution in [1.29, 1.82) is 0 Å². The van der Waals surface area contributed by atoms with Crippen LogP contribution in [0, 0.1) is 0 Å². The number of nitrogens with zero attached hydrogens (tertiary/aromatic N) is 2. The van der Waals surface area contributed by atoms with E-state index in [1.54, 1.807) is 12.1 Å². The van der Waals surface area contributed by atoms with E-state index >= 15 is 0 Å². The molecule has 0 amide bonds. The molecule has 5 heteroatoms. The van der Waals surface area contributed by atoms with Gasteiger partial charge in [-0.2, -0.15) is 4.98 Å². The molecule has 0 saturated carbocycles. The van der Waals surface area contributed by atoms with Gasteiger partial charge in [0.15, 0.2) is 6.33 Å². The quantitative estimate of drug-likeness (QED) is 0.737. The molecule has 1 heterocycles. The van der Waals surface area contributed by atoms with Crippen molar-refractivity contribution in [2.75, 3.05) is 6.54 Å². The van der Waals surface area contributed by atoms with E-state index in [2.05, 4.69) is 15.5 Å². The number of aromatic nitrogens is 2. The Morgan fingerprint density at radius 1 is 1.25 bits per heavy atom. The Bertz CT molecular complexity index is 411. The fourth-order valence-corrected chi connectivity index (χ4v) is 1.35. The molecular formula is C11H13N3O2. The molecule has 0 atom stereocenters. The first kappa shape index (κ1) is 10.6. The lowest BCUT2D eigenvalue weighted by Gasteiger charge is -2.03. The maximum Gasteiger partial charge on any atom is 0.227 e. The summed E-state index contributed by atoms with van der Waals surface area (Å²) in [5.41, 5.74) is 1.13. The van der Waals surface area contributed by atoms with Crippen molar-refractivity contribution in [3.63, 3.8) is 0 Å². The van der Waals surface area contributed by atoms with E-state index in [1.807, 2.05) is 12.1 Å². The monoisotopic (exact) mass is 219 g/mol. The highest BCUT2D eigenvalue weighted by Gasteiger charge is 1.98. The van der Waals surface area contributed by atoms with Crippen molar-refractivity contribution in [2.45, 2.75) is 13.0 Å². The topological polar surface area (TPSA) is 71.2 Å². The second kappa shape index (κ2) is 5.27. The number of benzene rings is 1. The van der Waals surface area contributed by atoms with Crippen LogP contribution in [0.25, 0.3) is 0 Å². The molecular weight excluding hydrogens is 206 g/mol. The molecule has 1 aromatic heterocycles. The van der Waals surface area contributed by atoms with E-state index in [-0.39, 0.29) is 5.75 Å². The third-order valence-electron chi connectivity index (χ3n) is 2.19. The van der Waals surface area contributed by atoms with Gasteiger partial charge in [-0.25, -0.2) is 0 Å². The zero-order valence-corrected chi connectivity index (χ0v) is 8.76. The Balaban J connectivity index is 1.70. The van der Waals surface area contributed by atoms with Crippen molar-refractivity contribution in [2.24, 2.45) is 0 Å². The third-order valence-corrected chi connectivity index (χ3v) is 2.19. The van der Waals surface area contributed by atoms with Gasteiger partial charge in [-0.15, -0.1) is 0 Å². The van der Waals surface area contributed by atoms with Crippen LogP contribution in [0.15, 0.2) is 35.1 Å². The number of aromatic hydroxyl groups is 1. The largest absolute Gasteiger partial charge is 0.508 e. The molecule has 2 N–H and O–H groups in total. The summed E-state index contributed by atoms with van der Waals surface area (Å²) in [6.45, 7) is 1.54. The summed E-state index contributed by atoms with van der Waals surface area (Å²) in [6.07, 6.45) is 2.12. The lowest BCUT2D eigenvalue weighted by atomic mass is 10.2. The normalized spacial score (nSPS) is 10.5. The summed E-state index contributed by atoms with van der Waals surface area (Å²) in [5.74, 6) is 0.924. The minimum atomic E-state index is 0.287. The minimum absolute atomic E-state index is 0.287. The summed E-state index contributed by atoms with van der Waals surface area (Å²) in [5, 5.41) is 15.9. The molecule has 0 aliphatic rings. The highest BCUT2D eigenvalue weighted by Crippen LogP contribution is 2.08. The Labute approximate surface area is 93.1 Å². The fourth-order valence-electron chi connectivity index (χ4n) is 1.35. The van der Waals surface area contributed by atoms with Crippen LogP contribution in [-0.2, 0) is 13.0 Å². The standard InChI is InChI=1S/C11H13N3O2/c15-10-3-1-9(2-4-10)7-12-6-5-11-13-8-14-16-11/h1-4,8,12,15H,5-7H2. The molecule has 0 spiro atoms. The molecule has 1 aromatic carbocycles. The van der Waals surface area contributed by atoms with Crippen molar-refractivity contribution in [3.8, 4) is 5.75 Å². The van der Waals surface area contributed by atoms with Gasteiger partial charge >= 0.3 is 0 Å². The Morgan fingerprint density at radius 3 is 2.75 bits per heavy atom. The smallest absolute Gasteiger partial charge is 0.227 e. The summed E-state index contributed by atoms with van der Waals surface area (Å²) in [6, 6.07) is 7.12. The molecule has 2 aromatic rings. The van der Waals surface area contributed by atoms with E-state index in [0.717, 1.165) is 25.1 Å².